The molecule has 2 atom stereocenters. The molecule has 2 rings (SSSR count). The summed E-state index contributed by atoms with van der Waals surface area (Å²) in [7, 11) is 0. The highest BCUT2D eigenvalue weighted by Gasteiger charge is 2.26. The second kappa shape index (κ2) is 3.73. The topological polar surface area (TPSA) is 44.3 Å². The Kier molecular flexibility index (Phi) is 2.63. The van der Waals surface area contributed by atoms with E-state index in [0.717, 1.165) is 26.1 Å². The van der Waals surface area contributed by atoms with Crippen molar-refractivity contribution in [3.63, 3.8) is 0 Å². The maximum Gasteiger partial charge on any atom is 0.0705 e. The summed E-state index contributed by atoms with van der Waals surface area (Å²) in [5.41, 5.74) is 0. The van der Waals surface area contributed by atoms with Gasteiger partial charge in [-0.15, -0.1) is 0 Å². The molecule has 0 spiro atoms. The van der Waals surface area contributed by atoms with Gasteiger partial charge < -0.3 is 15.7 Å². The molecular formula is C9H18N2O. The van der Waals surface area contributed by atoms with E-state index in [1.807, 2.05) is 0 Å². The third-order valence-corrected chi connectivity index (χ3v) is 2.84. The van der Waals surface area contributed by atoms with Gasteiger partial charge in [-0.1, -0.05) is 0 Å². The molecule has 0 aromatic heterocycles. The largest absolute Gasteiger partial charge is 0.391 e. The number of rotatable bonds is 4. The van der Waals surface area contributed by atoms with Gasteiger partial charge >= 0.3 is 0 Å². The highest BCUT2D eigenvalue weighted by Crippen LogP contribution is 2.19. The minimum atomic E-state index is -0.138. The summed E-state index contributed by atoms with van der Waals surface area (Å²) < 4.78 is 0. The minimum Gasteiger partial charge on any atom is -0.391 e. The zero-order valence-corrected chi connectivity index (χ0v) is 7.42. The van der Waals surface area contributed by atoms with Crippen LogP contribution in [0.15, 0.2) is 0 Å². The van der Waals surface area contributed by atoms with Gasteiger partial charge in [0, 0.05) is 19.1 Å². The second-order valence-corrected chi connectivity index (χ2v) is 4.00. The Hall–Kier alpha value is -0.120. The van der Waals surface area contributed by atoms with Gasteiger partial charge in [0.05, 0.1) is 6.10 Å². The van der Waals surface area contributed by atoms with Gasteiger partial charge in [-0.25, -0.2) is 0 Å². The Morgan fingerprint density at radius 3 is 2.83 bits per heavy atom. The van der Waals surface area contributed by atoms with Crippen LogP contribution in [0.2, 0.25) is 0 Å². The van der Waals surface area contributed by atoms with Crippen molar-refractivity contribution in [3.8, 4) is 0 Å². The van der Waals surface area contributed by atoms with Crippen molar-refractivity contribution in [2.75, 3.05) is 19.6 Å². The first kappa shape index (κ1) is 8.48. The predicted molar refractivity (Wildman–Crippen MR) is 48.0 cm³/mol. The predicted octanol–water partition coefficient (Wildman–Crippen LogP) is -0.291. The molecule has 1 saturated heterocycles. The normalized spacial score (nSPS) is 32.2. The van der Waals surface area contributed by atoms with Gasteiger partial charge in [-0.05, 0) is 31.7 Å². The van der Waals surface area contributed by atoms with Gasteiger partial charge in [0.2, 0.25) is 0 Å². The van der Waals surface area contributed by atoms with Crippen molar-refractivity contribution in [3.05, 3.63) is 0 Å². The molecule has 2 aliphatic rings. The molecule has 3 heteroatoms. The van der Waals surface area contributed by atoms with Gasteiger partial charge in [0.1, 0.15) is 0 Å². The minimum absolute atomic E-state index is 0.138. The quantitative estimate of drug-likeness (QED) is 0.543. The van der Waals surface area contributed by atoms with Crippen LogP contribution >= 0.6 is 0 Å². The molecule has 0 amide bonds. The van der Waals surface area contributed by atoms with Crippen molar-refractivity contribution in [1.29, 1.82) is 0 Å². The first-order valence-electron chi connectivity index (χ1n) is 4.98. The summed E-state index contributed by atoms with van der Waals surface area (Å²) in [6.07, 6.45) is 3.60. The van der Waals surface area contributed by atoms with Crippen LogP contribution < -0.4 is 10.6 Å². The Morgan fingerprint density at radius 1 is 1.42 bits per heavy atom. The van der Waals surface area contributed by atoms with Gasteiger partial charge in [0.25, 0.3) is 0 Å². The molecule has 12 heavy (non-hydrogen) atoms. The van der Waals surface area contributed by atoms with Crippen LogP contribution in [-0.4, -0.2) is 36.9 Å². The maximum atomic E-state index is 9.72. The number of hydrogen-bond donors (Lipinski definition) is 3. The zero-order valence-electron chi connectivity index (χ0n) is 7.42. The lowest BCUT2D eigenvalue weighted by Crippen LogP contribution is -2.34. The van der Waals surface area contributed by atoms with Crippen LogP contribution in [0.4, 0.5) is 0 Å². The molecule has 1 aliphatic carbocycles. The van der Waals surface area contributed by atoms with Crippen molar-refractivity contribution in [2.24, 2.45) is 5.92 Å². The Balaban J connectivity index is 1.64. The molecule has 3 N–H and O–H groups in total. The molecule has 70 valence electrons. The molecule has 1 heterocycles. The van der Waals surface area contributed by atoms with E-state index in [2.05, 4.69) is 10.6 Å². The lowest BCUT2D eigenvalue weighted by molar-refractivity contribution is 0.115. The highest BCUT2D eigenvalue weighted by atomic mass is 16.3. The molecule has 0 aromatic rings. The van der Waals surface area contributed by atoms with Crippen molar-refractivity contribution < 1.29 is 5.11 Å². The number of nitrogens with one attached hydrogen (secondary N) is 2. The fraction of sp³-hybridized carbons (Fsp3) is 1.00. The average molecular weight is 170 g/mol. The Morgan fingerprint density at radius 2 is 2.25 bits per heavy atom. The van der Waals surface area contributed by atoms with Crippen LogP contribution in [0, 0.1) is 5.92 Å². The van der Waals surface area contributed by atoms with Crippen LogP contribution in [0.25, 0.3) is 0 Å². The number of aliphatic hydroxyl groups is 1. The standard InChI is InChI=1S/C9H18N2O/c12-9(6-11-8-1-2-8)7-3-4-10-5-7/h7-12H,1-6H2. The number of hydrogen-bond acceptors (Lipinski definition) is 3. The second-order valence-electron chi connectivity index (χ2n) is 4.00. The van der Waals surface area contributed by atoms with Crippen molar-refractivity contribution >= 4 is 0 Å². The van der Waals surface area contributed by atoms with Crippen molar-refractivity contribution in [2.45, 2.75) is 31.4 Å². The third kappa shape index (κ3) is 2.19. The average Bonchev–Trinajstić information content (AvgIpc) is 2.74. The molecule has 1 aliphatic heterocycles. The summed E-state index contributed by atoms with van der Waals surface area (Å²) in [4.78, 5) is 0. The van der Waals surface area contributed by atoms with E-state index in [-0.39, 0.29) is 6.10 Å². The van der Waals surface area contributed by atoms with E-state index in [1.54, 1.807) is 0 Å². The Bertz CT molecular complexity index is 141. The first-order valence-corrected chi connectivity index (χ1v) is 4.98. The lowest BCUT2D eigenvalue weighted by Gasteiger charge is -2.17. The maximum absolute atomic E-state index is 9.72. The summed E-state index contributed by atoms with van der Waals surface area (Å²) in [5.74, 6) is 0.483. The SMILES string of the molecule is OC(CNC1CC1)C1CCNC1. The summed E-state index contributed by atoms with van der Waals surface area (Å²) in [6, 6.07) is 0.717. The van der Waals surface area contributed by atoms with Gasteiger partial charge in [-0.3, -0.25) is 0 Å². The monoisotopic (exact) mass is 170 g/mol. The van der Waals surface area contributed by atoms with Gasteiger partial charge in [-0.2, -0.15) is 0 Å². The van der Waals surface area contributed by atoms with E-state index in [4.69, 9.17) is 0 Å². The molecule has 0 bridgehead atoms. The lowest BCUT2D eigenvalue weighted by atomic mass is 10.0. The van der Waals surface area contributed by atoms with E-state index in [0.29, 0.717) is 12.0 Å². The molecule has 3 nitrogen and oxygen atoms in total. The first-order chi connectivity index (χ1) is 5.86. The van der Waals surface area contributed by atoms with E-state index in [9.17, 15) is 5.11 Å². The number of aliphatic hydroxyl groups excluding tert-OH is 1. The van der Waals surface area contributed by atoms with Crippen LogP contribution in [0.5, 0.6) is 0 Å². The van der Waals surface area contributed by atoms with Crippen molar-refractivity contribution in [1.82, 2.24) is 10.6 Å². The van der Waals surface area contributed by atoms with Crippen LogP contribution in [-0.2, 0) is 0 Å². The summed E-state index contributed by atoms with van der Waals surface area (Å²) >= 11 is 0. The molecule has 0 aromatic carbocycles. The van der Waals surface area contributed by atoms with E-state index < -0.39 is 0 Å². The summed E-state index contributed by atoms with van der Waals surface area (Å²) in [5, 5.41) is 16.3. The molecule has 2 unspecified atom stereocenters. The van der Waals surface area contributed by atoms with Crippen LogP contribution in [0.3, 0.4) is 0 Å². The third-order valence-electron chi connectivity index (χ3n) is 2.84. The Labute approximate surface area is 73.5 Å². The highest BCUT2D eigenvalue weighted by molar-refractivity contribution is 4.85. The van der Waals surface area contributed by atoms with E-state index >= 15 is 0 Å². The van der Waals surface area contributed by atoms with Crippen LogP contribution in [0.1, 0.15) is 19.3 Å². The van der Waals surface area contributed by atoms with E-state index in [1.165, 1.54) is 12.8 Å². The zero-order chi connectivity index (χ0) is 8.39. The molecule has 0 radical (unpaired) electrons. The summed E-state index contributed by atoms with van der Waals surface area (Å²) in [6.45, 7) is 2.86. The fourth-order valence-corrected chi connectivity index (χ4v) is 1.75. The molecular weight excluding hydrogens is 152 g/mol. The fourth-order valence-electron chi connectivity index (χ4n) is 1.75. The van der Waals surface area contributed by atoms with Gasteiger partial charge in [0.15, 0.2) is 0 Å². The molecule has 2 fully saturated rings. The molecule has 1 saturated carbocycles. The smallest absolute Gasteiger partial charge is 0.0705 e.